The van der Waals surface area contributed by atoms with Gasteiger partial charge in [-0.1, -0.05) is 11.6 Å². The molecule has 0 radical (unpaired) electrons. The molecule has 1 aliphatic rings. The molecule has 1 aliphatic heterocycles. The Morgan fingerprint density at radius 3 is 2.68 bits per heavy atom. The fourth-order valence-electron chi connectivity index (χ4n) is 2.31. The van der Waals surface area contributed by atoms with Crippen molar-refractivity contribution in [1.82, 2.24) is 0 Å². The van der Waals surface area contributed by atoms with Crippen molar-refractivity contribution in [3.63, 3.8) is 0 Å². The van der Waals surface area contributed by atoms with Crippen molar-refractivity contribution in [1.29, 1.82) is 0 Å². The normalized spacial score (nSPS) is 20.5. The standard InChI is InChI=1S/C13H18ClNO3S/c1-19(16,17)18-10-11-3-2-8-15(9-11)13-6-4-12(14)5-7-13/h4-7,11H,2-3,8-10H2,1H3. The van der Waals surface area contributed by atoms with Crippen LogP contribution in [0.3, 0.4) is 0 Å². The lowest BCUT2D eigenvalue weighted by Crippen LogP contribution is -2.37. The summed E-state index contributed by atoms with van der Waals surface area (Å²) in [6, 6.07) is 7.71. The third-order valence-electron chi connectivity index (χ3n) is 3.23. The largest absolute Gasteiger partial charge is 0.371 e. The minimum Gasteiger partial charge on any atom is -0.371 e. The summed E-state index contributed by atoms with van der Waals surface area (Å²) in [5.41, 5.74) is 1.12. The Labute approximate surface area is 119 Å². The van der Waals surface area contributed by atoms with Gasteiger partial charge in [-0.3, -0.25) is 4.18 Å². The number of nitrogens with zero attached hydrogens (tertiary/aromatic N) is 1. The molecule has 0 saturated carbocycles. The first-order chi connectivity index (χ1) is 8.94. The summed E-state index contributed by atoms with van der Waals surface area (Å²) in [4.78, 5) is 2.25. The summed E-state index contributed by atoms with van der Waals surface area (Å²) < 4.78 is 26.9. The first kappa shape index (κ1) is 14.6. The van der Waals surface area contributed by atoms with Gasteiger partial charge in [0.05, 0.1) is 12.9 Å². The Balaban J connectivity index is 1.95. The number of piperidine rings is 1. The first-order valence-corrected chi connectivity index (χ1v) is 8.48. The molecule has 6 heteroatoms. The van der Waals surface area contributed by atoms with Crippen molar-refractivity contribution in [3.05, 3.63) is 29.3 Å². The summed E-state index contributed by atoms with van der Waals surface area (Å²) in [5, 5.41) is 0.720. The SMILES string of the molecule is CS(=O)(=O)OCC1CCCN(c2ccc(Cl)cc2)C1. The molecular formula is C13H18ClNO3S. The molecule has 4 nitrogen and oxygen atoms in total. The average molecular weight is 304 g/mol. The zero-order valence-corrected chi connectivity index (χ0v) is 12.5. The molecule has 1 saturated heterocycles. The van der Waals surface area contributed by atoms with Crippen LogP contribution in [0.25, 0.3) is 0 Å². The fourth-order valence-corrected chi connectivity index (χ4v) is 2.87. The molecule has 1 fully saturated rings. The van der Waals surface area contributed by atoms with E-state index < -0.39 is 10.1 Å². The van der Waals surface area contributed by atoms with E-state index in [1.165, 1.54) is 0 Å². The Morgan fingerprint density at radius 2 is 2.05 bits per heavy atom. The summed E-state index contributed by atoms with van der Waals surface area (Å²) in [7, 11) is -3.35. The van der Waals surface area contributed by atoms with Gasteiger partial charge in [0.15, 0.2) is 0 Å². The molecule has 106 valence electrons. The predicted octanol–water partition coefficient (Wildman–Crippen LogP) is 2.53. The monoisotopic (exact) mass is 303 g/mol. The molecule has 0 amide bonds. The topological polar surface area (TPSA) is 46.6 Å². The van der Waals surface area contributed by atoms with Crippen molar-refractivity contribution in [2.45, 2.75) is 12.8 Å². The van der Waals surface area contributed by atoms with Crippen LogP contribution >= 0.6 is 11.6 Å². The highest BCUT2D eigenvalue weighted by molar-refractivity contribution is 7.85. The quantitative estimate of drug-likeness (QED) is 0.802. The number of anilines is 1. The summed E-state index contributed by atoms with van der Waals surface area (Å²) >= 11 is 5.87. The summed E-state index contributed by atoms with van der Waals surface area (Å²) in [5.74, 6) is 0.249. The van der Waals surface area contributed by atoms with Crippen LogP contribution in [0.5, 0.6) is 0 Å². The maximum Gasteiger partial charge on any atom is 0.264 e. The molecule has 0 aromatic heterocycles. The van der Waals surface area contributed by atoms with Crippen LogP contribution < -0.4 is 4.90 Å². The van der Waals surface area contributed by atoms with E-state index in [4.69, 9.17) is 15.8 Å². The van der Waals surface area contributed by atoms with Gasteiger partial charge in [0.2, 0.25) is 0 Å². The molecule has 0 N–H and O–H groups in total. The van der Waals surface area contributed by atoms with Crippen molar-refractivity contribution in [3.8, 4) is 0 Å². The van der Waals surface area contributed by atoms with E-state index in [2.05, 4.69) is 4.90 Å². The fraction of sp³-hybridized carbons (Fsp3) is 0.538. The highest BCUT2D eigenvalue weighted by Crippen LogP contribution is 2.24. The van der Waals surface area contributed by atoms with Crippen LogP contribution in [0.15, 0.2) is 24.3 Å². The summed E-state index contributed by atoms with van der Waals surface area (Å²) in [6.45, 7) is 2.07. The lowest BCUT2D eigenvalue weighted by molar-refractivity contribution is 0.236. The van der Waals surface area contributed by atoms with Crippen LogP contribution in [0.1, 0.15) is 12.8 Å². The van der Waals surface area contributed by atoms with E-state index in [0.29, 0.717) is 0 Å². The van der Waals surface area contributed by atoms with Gasteiger partial charge in [-0.2, -0.15) is 8.42 Å². The molecule has 1 atom stereocenters. The van der Waals surface area contributed by atoms with Crippen LogP contribution in [0.4, 0.5) is 5.69 Å². The van der Waals surface area contributed by atoms with Crippen LogP contribution in [-0.2, 0) is 14.3 Å². The minimum absolute atomic E-state index is 0.249. The van der Waals surface area contributed by atoms with Crippen LogP contribution in [-0.4, -0.2) is 34.4 Å². The molecule has 1 heterocycles. The Kier molecular flexibility index (Phi) is 4.71. The van der Waals surface area contributed by atoms with E-state index in [1.807, 2.05) is 24.3 Å². The number of halogens is 1. The van der Waals surface area contributed by atoms with E-state index in [1.54, 1.807) is 0 Å². The highest BCUT2D eigenvalue weighted by Gasteiger charge is 2.21. The molecule has 1 unspecified atom stereocenters. The molecule has 19 heavy (non-hydrogen) atoms. The van der Waals surface area contributed by atoms with Crippen molar-refractivity contribution < 1.29 is 12.6 Å². The Morgan fingerprint density at radius 1 is 1.37 bits per heavy atom. The van der Waals surface area contributed by atoms with Gasteiger partial charge in [0.25, 0.3) is 10.1 Å². The number of benzene rings is 1. The molecule has 1 aromatic carbocycles. The highest BCUT2D eigenvalue weighted by atomic mass is 35.5. The maximum absolute atomic E-state index is 11.0. The third-order valence-corrected chi connectivity index (χ3v) is 4.04. The first-order valence-electron chi connectivity index (χ1n) is 6.29. The smallest absolute Gasteiger partial charge is 0.264 e. The van der Waals surface area contributed by atoms with Gasteiger partial charge in [0, 0.05) is 29.7 Å². The number of hydrogen-bond donors (Lipinski definition) is 0. The summed E-state index contributed by atoms with van der Waals surface area (Å²) in [6.07, 6.45) is 3.13. The molecular weight excluding hydrogens is 286 g/mol. The third kappa shape index (κ3) is 4.67. The van der Waals surface area contributed by atoms with E-state index in [9.17, 15) is 8.42 Å². The lowest BCUT2D eigenvalue weighted by Gasteiger charge is -2.34. The average Bonchev–Trinajstić information content (AvgIpc) is 2.37. The van der Waals surface area contributed by atoms with Gasteiger partial charge in [-0.05, 0) is 37.1 Å². The van der Waals surface area contributed by atoms with Crippen molar-refractivity contribution in [2.24, 2.45) is 5.92 Å². The lowest BCUT2D eigenvalue weighted by atomic mass is 9.98. The maximum atomic E-state index is 11.0. The van der Waals surface area contributed by atoms with Crippen molar-refractivity contribution in [2.75, 3.05) is 30.9 Å². The second-order valence-corrected chi connectivity index (χ2v) is 7.00. The van der Waals surface area contributed by atoms with E-state index >= 15 is 0 Å². The Hall–Kier alpha value is -0.780. The van der Waals surface area contributed by atoms with Gasteiger partial charge in [-0.15, -0.1) is 0 Å². The molecule has 0 bridgehead atoms. The van der Waals surface area contributed by atoms with E-state index in [-0.39, 0.29) is 12.5 Å². The van der Waals surface area contributed by atoms with E-state index in [0.717, 1.165) is 42.9 Å². The van der Waals surface area contributed by atoms with Crippen LogP contribution in [0, 0.1) is 5.92 Å². The molecule has 1 aromatic rings. The minimum atomic E-state index is -3.35. The van der Waals surface area contributed by atoms with Gasteiger partial charge < -0.3 is 4.90 Å². The zero-order chi connectivity index (χ0) is 13.9. The Bertz CT molecular complexity index is 515. The predicted molar refractivity (Wildman–Crippen MR) is 77.2 cm³/mol. The number of hydrogen-bond acceptors (Lipinski definition) is 4. The number of rotatable bonds is 4. The molecule has 2 rings (SSSR count). The van der Waals surface area contributed by atoms with Crippen LogP contribution in [0.2, 0.25) is 5.02 Å². The second-order valence-electron chi connectivity index (χ2n) is 4.92. The second kappa shape index (κ2) is 6.11. The van der Waals surface area contributed by atoms with Gasteiger partial charge in [-0.25, -0.2) is 0 Å². The van der Waals surface area contributed by atoms with Crippen molar-refractivity contribution >= 4 is 27.4 Å². The zero-order valence-electron chi connectivity index (χ0n) is 10.9. The van der Waals surface area contributed by atoms with Gasteiger partial charge >= 0.3 is 0 Å². The molecule has 0 aliphatic carbocycles. The van der Waals surface area contributed by atoms with Gasteiger partial charge in [0.1, 0.15) is 0 Å². The molecule has 0 spiro atoms.